The molecule has 0 heterocycles. The third kappa shape index (κ3) is 6.05. The van der Waals surface area contributed by atoms with Crippen LogP contribution < -0.4 is 10.6 Å². The van der Waals surface area contributed by atoms with Gasteiger partial charge in [-0.1, -0.05) is 35.9 Å². The van der Waals surface area contributed by atoms with Gasteiger partial charge in [0.1, 0.15) is 0 Å². The highest BCUT2D eigenvalue weighted by atomic mass is 35.5. The number of hydrogen-bond donors (Lipinski definition) is 3. The van der Waals surface area contributed by atoms with Gasteiger partial charge in [0.05, 0.1) is 13.0 Å². The molecule has 2 aromatic rings. The van der Waals surface area contributed by atoms with Crippen molar-refractivity contribution < 1.29 is 14.7 Å². The van der Waals surface area contributed by atoms with Gasteiger partial charge >= 0.3 is 0 Å². The second-order valence-electron chi connectivity index (χ2n) is 7.71. The lowest BCUT2D eigenvalue weighted by atomic mass is 9.90. The zero-order valence-corrected chi connectivity index (χ0v) is 17.3. The van der Waals surface area contributed by atoms with Crippen LogP contribution in [0.25, 0.3) is 0 Å². The molecule has 5 nitrogen and oxygen atoms in total. The number of carbonyl (C=O) groups is 2. The van der Waals surface area contributed by atoms with E-state index in [4.69, 9.17) is 16.7 Å². The molecule has 2 aromatic carbocycles. The van der Waals surface area contributed by atoms with Crippen LogP contribution in [-0.2, 0) is 17.8 Å². The zero-order chi connectivity index (χ0) is 20.8. The molecule has 2 amide bonds. The highest BCUT2D eigenvalue weighted by Crippen LogP contribution is 2.21. The summed E-state index contributed by atoms with van der Waals surface area (Å²) in [5, 5.41) is 15.9. The molecule has 0 radical (unpaired) electrons. The Labute approximate surface area is 176 Å². The lowest BCUT2D eigenvalue weighted by molar-refractivity contribution is -0.121. The van der Waals surface area contributed by atoms with E-state index < -0.39 is 0 Å². The van der Waals surface area contributed by atoms with Gasteiger partial charge in [-0.2, -0.15) is 0 Å². The first-order valence-corrected chi connectivity index (χ1v) is 10.4. The smallest absolute Gasteiger partial charge is 0.251 e. The Balaban J connectivity index is 1.51. The molecule has 1 aliphatic rings. The molecule has 29 heavy (non-hydrogen) atoms. The number of aliphatic hydroxyl groups excluding tert-OH is 1. The van der Waals surface area contributed by atoms with Gasteiger partial charge in [-0.05, 0) is 67.5 Å². The molecule has 0 spiro atoms. The molecule has 0 bridgehead atoms. The Kier molecular flexibility index (Phi) is 7.29. The predicted molar refractivity (Wildman–Crippen MR) is 114 cm³/mol. The van der Waals surface area contributed by atoms with Gasteiger partial charge in [0.25, 0.3) is 5.91 Å². The van der Waals surface area contributed by atoms with Crippen molar-refractivity contribution in [3.63, 3.8) is 0 Å². The van der Waals surface area contributed by atoms with Gasteiger partial charge in [0, 0.05) is 22.7 Å². The van der Waals surface area contributed by atoms with Crippen LogP contribution in [0, 0.1) is 6.92 Å². The van der Waals surface area contributed by atoms with E-state index in [9.17, 15) is 9.59 Å². The minimum absolute atomic E-state index is 0.00277. The summed E-state index contributed by atoms with van der Waals surface area (Å²) in [5.41, 5.74) is 3.23. The molecule has 0 saturated heterocycles. The zero-order valence-electron chi connectivity index (χ0n) is 16.6. The van der Waals surface area contributed by atoms with Crippen LogP contribution >= 0.6 is 11.6 Å². The van der Waals surface area contributed by atoms with Crippen molar-refractivity contribution in [1.29, 1.82) is 0 Å². The number of rotatable bonds is 6. The molecule has 3 N–H and O–H groups in total. The Bertz CT molecular complexity index is 867. The molecule has 1 saturated carbocycles. The van der Waals surface area contributed by atoms with Crippen LogP contribution in [0.4, 0.5) is 0 Å². The van der Waals surface area contributed by atoms with Crippen molar-refractivity contribution in [3.05, 3.63) is 69.7 Å². The van der Waals surface area contributed by atoms with E-state index >= 15 is 0 Å². The fourth-order valence-corrected chi connectivity index (χ4v) is 4.05. The molecule has 154 valence electrons. The average molecular weight is 415 g/mol. The third-order valence-corrected chi connectivity index (χ3v) is 5.61. The molecule has 0 unspecified atom stereocenters. The van der Waals surface area contributed by atoms with Crippen LogP contribution in [0.15, 0.2) is 42.5 Å². The van der Waals surface area contributed by atoms with Gasteiger partial charge in [-0.3, -0.25) is 9.59 Å². The SMILES string of the molecule is Cc1cc(Cl)ccc1C(=O)N[C@@H]1CCC[C@@H](NC(=O)Cc2ccc(CO)cc2)C1. The van der Waals surface area contributed by atoms with Crippen molar-refractivity contribution in [2.75, 3.05) is 0 Å². The first kappa shape index (κ1) is 21.3. The van der Waals surface area contributed by atoms with E-state index in [1.54, 1.807) is 18.2 Å². The third-order valence-electron chi connectivity index (χ3n) is 5.38. The quantitative estimate of drug-likeness (QED) is 0.676. The molecule has 3 rings (SSSR count). The van der Waals surface area contributed by atoms with Gasteiger partial charge in [0.15, 0.2) is 0 Å². The van der Waals surface area contributed by atoms with Crippen LogP contribution in [0.3, 0.4) is 0 Å². The van der Waals surface area contributed by atoms with Crippen molar-refractivity contribution in [3.8, 4) is 0 Å². The fraction of sp³-hybridized carbons (Fsp3) is 0.391. The Morgan fingerprint density at radius 1 is 1.03 bits per heavy atom. The van der Waals surface area contributed by atoms with E-state index in [1.165, 1.54) is 0 Å². The standard InChI is InChI=1S/C23H27ClN2O3/c1-15-11-18(24)9-10-21(15)23(29)26-20-4-2-3-19(13-20)25-22(28)12-16-5-7-17(14-27)8-6-16/h5-11,19-20,27H,2-4,12-14H2,1H3,(H,25,28)(H,26,29)/t19-,20-/m1/s1. The molecule has 0 aromatic heterocycles. The Morgan fingerprint density at radius 3 is 2.34 bits per heavy atom. The molecular weight excluding hydrogens is 388 g/mol. The van der Waals surface area contributed by atoms with Crippen molar-refractivity contribution in [1.82, 2.24) is 10.6 Å². The van der Waals surface area contributed by atoms with E-state index in [0.717, 1.165) is 42.4 Å². The number of nitrogens with one attached hydrogen (secondary N) is 2. The van der Waals surface area contributed by atoms with Crippen molar-refractivity contribution in [2.45, 2.75) is 57.7 Å². The minimum Gasteiger partial charge on any atom is -0.392 e. The molecule has 0 aliphatic heterocycles. The maximum absolute atomic E-state index is 12.6. The number of halogens is 1. The Hall–Kier alpha value is -2.37. The second-order valence-corrected chi connectivity index (χ2v) is 8.15. The van der Waals surface area contributed by atoms with E-state index in [2.05, 4.69) is 10.6 Å². The number of benzene rings is 2. The summed E-state index contributed by atoms with van der Waals surface area (Å²) in [6.45, 7) is 1.87. The monoisotopic (exact) mass is 414 g/mol. The van der Waals surface area contributed by atoms with Crippen LogP contribution in [-0.4, -0.2) is 29.0 Å². The molecule has 2 atom stereocenters. The predicted octanol–water partition coefficient (Wildman–Crippen LogP) is 3.54. The van der Waals surface area contributed by atoms with E-state index in [-0.39, 0.29) is 30.5 Å². The summed E-state index contributed by atoms with van der Waals surface area (Å²) in [7, 11) is 0. The van der Waals surface area contributed by atoms with E-state index in [1.807, 2.05) is 31.2 Å². The largest absolute Gasteiger partial charge is 0.392 e. The van der Waals surface area contributed by atoms with Crippen LogP contribution in [0.5, 0.6) is 0 Å². The highest BCUT2D eigenvalue weighted by Gasteiger charge is 2.25. The number of aryl methyl sites for hydroxylation is 1. The second kappa shape index (κ2) is 9.90. The highest BCUT2D eigenvalue weighted by molar-refractivity contribution is 6.30. The average Bonchev–Trinajstić information content (AvgIpc) is 2.68. The first-order chi connectivity index (χ1) is 13.9. The maximum Gasteiger partial charge on any atom is 0.251 e. The topological polar surface area (TPSA) is 78.4 Å². The minimum atomic E-state index is -0.0971. The summed E-state index contributed by atoms with van der Waals surface area (Å²) in [6.07, 6.45) is 3.83. The molecule has 1 aliphatic carbocycles. The fourth-order valence-electron chi connectivity index (χ4n) is 3.82. The van der Waals surface area contributed by atoms with Crippen molar-refractivity contribution >= 4 is 23.4 Å². The normalized spacial score (nSPS) is 18.9. The number of amides is 2. The van der Waals surface area contributed by atoms with Crippen LogP contribution in [0.1, 0.15) is 52.7 Å². The lowest BCUT2D eigenvalue weighted by Gasteiger charge is -2.30. The van der Waals surface area contributed by atoms with Crippen molar-refractivity contribution in [2.24, 2.45) is 0 Å². The molecular formula is C23H27ClN2O3. The summed E-state index contributed by atoms with van der Waals surface area (Å²) in [4.78, 5) is 25.0. The van der Waals surface area contributed by atoms with Gasteiger partial charge < -0.3 is 15.7 Å². The van der Waals surface area contributed by atoms with Crippen LogP contribution in [0.2, 0.25) is 5.02 Å². The van der Waals surface area contributed by atoms with Gasteiger partial charge in [-0.15, -0.1) is 0 Å². The first-order valence-electron chi connectivity index (χ1n) is 9.99. The van der Waals surface area contributed by atoms with Gasteiger partial charge in [0.2, 0.25) is 5.91 Å². The Morgan fingerprint density at radius 2 is 1.69 bits per heavy atom. The molecule has 6 heteroatoms. The number of carbonyl (C=O) groups excluding carboxylic acids is 2. The summed E-state index contributed by atoms with van der Waals surface area (Å²) in [6, 6.07) is 12.7. The maximum atomic E-state index is 12.6. The molecule has 1 fully saturated rings. The summed E-state index contributed by atoms with van der Waals surface area (Å²) >= 11 is 5.97. The number of hydrogen-bond acceptors (Lipinski definition) is 3. The summed E-state index contributed by atoms with van der Waals surface area (Å²) in [5.74, 6) is -0.118. The van der Waals surface area contributed by atoms with E-state index in [0.29, 0.717) is 17.0 Å². The lowest BCUT2D eigenvalue weighted by Crippen LogP contribution is -2.46. The summed E-state index contributed by atoms with van der Waals surface area (Å²) < 4.78 is 0. The number of aliphatic hydroxyl groups is 1. The van der Waals surface area contributed by atoms with Gasteiger partial charge in [-0.25, -0.2) is 0 Å².